The number of unbranched alkanes of at least 4 members (excludes halogenated alkanes) is 12. The van der Waals surface area contributed by atoms with E-state index in [1.807, 2.05) is 0 Å². The second kappa shape index (κ2) is 21.4. The maximum atomic E-state index is 2.35. The van der Waals surface area contributed by atoms with Crippen LogP contribution in [0.5, 0.6) is 0 Å². The van der Waals surface area contributed by atoms with Gasteiger partial charge >= 0.3 is 0 Å². The van der Waals surface area contributed by atoms with Crippen LogP contribution < -0.4 is 0 Å². The molecule has 2 heteroatoms. The Kier molecular flexibility index (Phi) is 23.4. The van der Waals surface area contributed by atoms with Crippen molar-refractivity contribution in [2.75, 3.05) is 0 Å². The van der Waals surface area contributed by atoms with E-state index in [0.29, 0.717) is 0 Å². The van der Waals surface area contributed by atoms with E-state index in [9.17, 15) is 0 Å². The van der Waals surface area contributed by atoms with Crippen molar-refractivity contribution in [2.45, 2.75) is 155 Å². The molecule has 0 aromatic carbocycles. The maximum Gasteiger partial charge on any atom is 0.0535 e. The SMILES string of the molecule is CCCCCC[Si](CCCCCC)(CCCCCC)CCCCCC.F. The molecule has 160 valence electrons. The highest BCUT2D eigenvalue weighted by molar-refractivity contribution is 6.79. The fraction of sp³-hybridized carbons (Fsp3) is 1.00. The highest BCUT2D eigenvalue weighted by Crippen LogP contribution is 2.35. The Labute approximate surface area is 167 Å². The van der Waals surface area contributed by atoms with Crippen LogP contribution in [0.1, 0.15) is 130 Å². The molecule has 0 saturated carbocycles. The van der Waals surface area contributed by atoms with Crippen LogP contribution in [0, 0.1) is 0 Å². The fourth-order valence-electron chi connectivity index (χ4n) is 4.46. The molecule has 0 atom stereocenters. The third kappa shape index (κ3) is 16.3. The average Bonchev–Trinajstić information content (AvgIpc) is 2.63. The Morgan fingerprint density at radius 1 is 0.346 bits per heavy atom. The molecule has 0 heterocycles. The first-order valence-corrected chi connectivity index (χ1v) is 15.1. The lowest BCUT2D eigenvalue weighted by Crippen LogP contribution is -2.34. The van der Waals surface area contributed by atoms with E-state index in [1.54, 1.807) is 49.9 Å². The molecular weight excluding hydrogens is 335 g/mol. The Bertz CT molecular complexity index is 201. The molecule has 0 aliphatic rings. The first-order valence-electron chi connectivity index (χ1n) is 12.2. The minimum Gasteiger partial charge on any atom is -0.269 e. The minimum absolute atomic E-state index is 0. The third-order valence-electron chi connectivity index (χ3n) is 6.24. The van der Waals surface area contributed by atoms with Crippen molar-refractivity contribution in [1.29, 1.82) is 0 Å². The molecular formula is C24H53FSi. The summed E-state index contributed by atoms with van der Waals surface area (Å²) in [6.45, 7) is 9.41. The highest BCUT2D eigenvalue weighted by Gasteiger charge is 2.30. The summed E-state index contributed by atoms with van der Waals surface area (Å²) < 4.78 is 0. The molecule has 0 nitrogen and oxygen atoms in total. The van der Waals surface area contributed by atoms with Crippen LogP contribution in [0.15, 0.2) is 0 Å². The van der Waals surface area contributed by atoms with E-state index >= 15 is 0 Å². The Balaban J connectivity index is 0. The normalized spacial score (nSPS) is 11.5. The van der Waals surface area contributed by atoms with E-state index in [4.69, 9.17) is 0 Å². The van der Waals surface area contributed by atoms with E-state index < -0.39 is 8.07 Å². The maximum absolute atomic E-state index is 2.35. The lowest BCUT2D eigenvalue weighted by atomic mass is 10.2. The van der Waals surface area contributed by atoms with Gasteiger partial charge in [-0.1, -0.05) is 155 Å². The zero-order chi connectivity index (χ0) is 18.6. The van der Waals surface area contributed by atoms with Crippen molar-refractivity contribution in [3.8, 4) is 0 Å². The summed E-state index contributed by atoms with van der Waals surface area (Å²) in [6, 6.07) is 6.66. The van der Waals surface area contributed by atoms with Gasteiger partial charge in [0.15, 0.2) is 0 Å². The molecule has 0 saturated heterocycles. The van der Waals surface area contributed by atoms with Crippen LogP contribution in [0.3, 0.4) is 0 Å². The van der Waals surface area contributed by atoms with Crippen LogP contribution in [-0.2, 0) is 0 Å². The number of rotatable bonds is 20. The van der Waals surface area contributed by atoms with E-state index in [1.165, 1.54) is 77.0 Å². The van der Waals surface area contributed by atoms with Crippen molar-refractivity contribution >= 4 is 8.07 Å². The second-order valence-electron chi connectivity index (χ2n) is 8.74. The van der Waals surface area contributed by atoms with Crippen LogP contribution in [0.4, 0.5) is 4.70 Å². The standard InChI is InChI=1S/C24H52Si.FH/c1-5-9-13-17-21-25(22-18-14-10-6-2,23-19-15-11-7-3)24-20-16-12-8-4;/h5-24H2,1-4H3;1H. The summed E-state index contributed by atoms with van der Waals surface area (Å²) in [6.07, 6.45) is 23.6. The van der Waals surface area contributed by atoms with Gasteiger partial charge in [-0.15, -0.1) is 0 Å². The van der Waals surface area contributed by atoms with Crippen molar-refractivity contribution in [3.63, 3.8) is 0 Å². The van der Waals surface area contributed by atoms with Crippen LogP contribution in [-0.4, -0.2) is 8.07 Å². The van der Waals surface area contributed by atoms with Gasteiger partial charge in [-0.25, -0.2) is 0 Å². The van der Waals surface area contributed by atoms with E-state index in [-0.39, 0.29) is 4.70 Å². The van der Waals surface area contributed by atoms with Gasteiger partial charge < -0.3 is 0 Å². The minimum atomic E-state index is -0.995. The van der Waals surface area contributed by atoms with Crippen molar-refractivity contribution in [2.24, 2.45) is 0 Å². The molecule has 26 heavy (non-hydrogen) atoms. The first-order chi connectivity index (χ1) is 12.2. The van der Waals surface area contributed by atoms with Crippen LogP contribution >= 0.6 is 0 Å². The van der Waals surface area contributed by atoms with Crippen molar-refractivity contribution in [3.05, 3.63) is 0 Å². The lowest BCUT2D eigenvalue weighted by molar-refractivity contribution is 0.649. The van der Waals surface area contributed by atoms with E-state index in [2.05, 4.69) is 27.7 Å². The molecule has 0 radical (unpaired) electrons. The van der Waals surface area contributed by atoms with E-state index in [0.717, 1.165) is 0 Å². The van der Waals surface area contributed by atoms with Crippen LogP contribution in [0.2, 0.25) is 24.2 Å². The summed E-state index contributed by atoms with van der Waals surface area (Å²) in [5.41, 5.74) is 0. The predicted octanol–water partition coefficient (Wildman–Crippen LogP) is 9.91. The molecule has 0 aromatic heterocycles. The quantitative estimate of drug-likeness (QED) is 0.144. The predicted molar refractivity (Wildman–Crippen MR) is 124 cm³/mol. The summed E-state index contributed by atoms with van der Waals surface area (Å²) in [7, 11) is -0.995. The summed E-state index contributed by atoms with van der Waals surface area (Å²) in [5, 5.41) is 0. The van der Waals surface area contributed by atoms with Gasteiger partial charge in [0.05, 0.1) is 8.07 Å². The molecule has 0 unspecified atom stereocenters. The van der Waals surface area contributed by atoms with Gasteiger partial charge in [0, 0.05) is 0 Å². The summed E-state index contributed by atoms with van der Waals surface area (Å²) in [5.74, 6) is 0. The van der Waals surface area contributed by atoms with Crippen molar-refractivity contribution < 1.29 is 4.70 Å². The number of hydrogen-bond acceptors (Lipinski definition) is 0. The van der Waals surface area contributed by atoms with Gasteiger partial charge in [-0.3, -0.25) is 4.70 Å². The largest absolute Gasteiger partial charge is 0.269 e. The molecule has 0 rings (SSSR count). The average molecular weight is 389 g/mol. The van der Waals surface area contributed by atoms with Gasteiger partial charge in [0.1, 0.15) is 0 Å². The number of hydrogen-bond donors (Lipinski definition) is 0. The van der Waals surface area contributed by atoms with Crippen LogP contribution in [0.25, 0.3) is 0 Å². The second-order valence-corrected chi connectivity index (χ2v) is 13.7. The Morgan fingerprint density at radius 2 is 0.577 bits per heavy atom. The number of halogens is 1. The van der Waals surface area contributed by atoms with Crippen molar-refractivity contribution in [1.82, 2.24) is 0 Å². The molecule has 0 bridgehead atoms. The molecule has 0 N–H and O–H groups in total. The first kappa shape index (κ1) is 28.4. The van der Waals surface area contributed by atoms with Gasteiger partial charge in [0.2, 0.25) is 0 Å². The monoisotopic (exact) mass is 388 g/mol. The fourth-order valence-corrected chi connectivity index (χ4v) is 9.96. The zero-order valence-corrected chi connectivity index (χ0v) is 20.1. The highest BCUT2D eigenvalue weighted by atomic mass is 28.3. The molecule has 0 aromatic rings. The third-order valence-corrected chi connectivity index (χ3v) is 11.9. The summed E-state index contributed by atoms with van der Waals surface area (Å²) in [4.78, 5) is 0. The lowest BCUT2D eigenvalue weighted by Gasteiger charge is -2.33. The molecule has 0 spiro atoms. The molecule has 0 aliphatic carbocycles. The smallest absolute Gasteiger partial charge is 0.0535 e. The van der Waals surface area contributed by atoms with Gasteiger partial charge in [-0.2, -0.15) is 0 Å². The summed E-state index contributed by atoms with van der Waals surface area (Å²) >= 11 is 0. The van der Waals surface area contributed by atoms with Gasteiger partial charge in [0.25, 0.3) is 0 Å². The molecule has 0 amide bonds. The Hall–Kier alpha value is 0.147. The Morgan fingerprint density at radius 3 is 0.769 bits per heavy atom. The molecule has 0 fully saturated rings. The van der Waals surface area contributed by atoms with Gasteiger partial charge in [-0.05, 0) is 0 Å². The zero-order valence-electron chi connectivity index (χ0n) is 19.1. The topological polar surface area (TPSA) is 0 Å². The molecule has 0 aliphatic heterocycles.